The molecule has 3 aromatic rings. The van der Waals surface area contributed by atoms with E-state index in [4.69, 9.17) is 4.74 Å². The lowest BCUT2D eigenvalue weighted by molar-refractivity contribution is 0.291. The summed E-state index contributed by atoms with van der Waals surface area (Å²) in [5, 5.41) is 8.36. The number of nitrogens with zero attached hydrogens (tertiary/aromatic N) is 4. The topological polar surface area (TPSA) is 52.8 Å². The first kappa shape index (κ1) is 12.3. The molecule has 20 heavy (non-hydrogen) atoms. The first-order chi connectivity index (χ1) is 9.84. The van der Waals surface area contributed by atoms with Crippen LogP contribution in [0.4, 0.5) is 0 Å². The molecule has 1 aromatic carbocycles. The van der Waals surface area contributed by atoms with Gasteiger partial charge in [0, 0.05) is 25.0 Å². The van der Waals surface area contributed by atoms with Crippen LogP contribution in [0.5, 0.6) is 5.75 Å². The van der Waals surface area contributed by atoms with E-state index in [1.54, 1.807) is 12.4 Å². The molecule has 0 aliphatic heterocycles. The van der Waals surface area contributed by atoms with Gasteiger partial charge >= 0.3 is 0 Å². The van der Waals surface area contributed by atoms with Crippen molar-refractivity contribution in [3.05, 3.63) is 60.7 Å². The van der Waals surface area contributed by atoms with Crippen LogP contribution in [-0.2, 0) is 13.7 Å². The van der Waals surface area contributed by atoms with Gasteiger partial charge in [0.05, 0.1) is 0 Å². The van der Waals surface area contributed by atoms with Crippen LogP contribution in [0.1, 0.15) is 5.82 Å². The molecule has 5 heteroatoms. The fourth-order valence-electron chi connectivity index (χ4n) is 1.90. The molecule has 2 aromatic heterocycles. The van der Waals surface area contributed by atoms with Crippen molar-refractivity contribution in [3.8, 4) is 17.1 Å². The van der Waals surface area contributed by atoms with Crippen LogP contribution in [0.3, 0.4) is 0 Å². The van der Waals surface area contributed by atoms with Crippen molar-refractivity contribution in [1.82, 2.24) is 19.7 Å². The molecular formula is C15H14N4O. The fraction of sp³-hybridized carbons (Fsp3) is 0.133. The Balaban J connectivity index is 1.78. The van der Waals surface area contributed by atoms with Gasteiger partial charge in [-0.15, -0.1) is 10.2 Å². The summed E-state index contributed by atoms with van der Waals surface area (Å²) in [6, 6.07) is 13.5. The van der Waals surface area contributed by atoms with E-state index in [1.807, 2.05) is 54.1 Å². The van der Waals surface area contributed by atoms with E-state index in [9.17, 15) is 0 Å². The van der Waals surface area contributed by atoms with Crippen molar-refractivity contribution in [3.63, 3.8) is 0 Å². The number of para-hydroxylation sites is 1. The highest BCUT2D eigenvalue weighted by molar-refractivity contribution is 5.53. The second kappa shape index (κ2) is 5.52. The highest BCUT2D eigenvalue weighted by Crippen LogP contribution is 2.17. The van der Waals surface area contributed by atoms with Crippen LogP contribution in [-0.4, -0.2) is 19.7 Å². The van der Waals surface area contributed by atoms with E-state index < -0.39 is 0 Å². The normalized spacial score (nSPS) is 10.4. The Kier molecular flexibility index (Phi) is 3.41. The van der Waals surface area contributed by atoms with Crippen molar-refractivity contribution in [2.24, 2.45) is 7.05 Å². The molecule has 0 amide bonds. The molecule has 0 unspecified atom stereocenters. The molecule has 100 valence electrons. The molecule has 2 heterocycles. The van der Waals surface area contributed by atoms with Crippen LogP contribution in [0, 0.1) is 0 Å². The van der Waals surface area contributed by atoms with Gasteiger partial charge in [0.2, 0.25) is 0 Å². The van der Waals surface area contributed by atoms with E-state index in [1.165, 1.54) is 0 Å². The molecule has 0 N–H and O–H groups in total. The Morgan fingerprint density at radius 3 is 2.65 bits per heavy atom. The van der Waals surface area contributed by atoms with Gasteiger partial charge in [-0.3, -0.25) is 4.98 Å². The summed E-state index contributed by atoms with van der Waals surface area (Å²) in [6.45, 7) is 0.383. The predicted octanol–water partition coefficient (Wildman–Crippen LogP) is 2.46. The summed E-state index contributed by atoms with van der Waals surface area (Å²) < 4.78 is 7.60. The zero-order chi connectivity index (χ0) is 13.8. The smallest absolute Gasteiger partial charge is 0.171 e. The SMILES string of the molecule is Cn1c(COc2ccccc2)nnc1-c1cccnc1. The summed E-state index contributed by atoms with van der Waals surface area (Å²) in [7, 11) is 1.92. The molecule has 5 nitrogen and oxygen atoms in total. The van der Waals surface area contributed by atoms with E-state index in [0.29, 0.717) is 6.61 Å². The summed E-state index contributed by atoms with van der Waals surface area (Å²) in [5.74, 6) is 2.37. The van der Waals surface area contributed by atoms with Crippen LogP contribution >= 0.6 is 0 Å². The lowest BCUT2D eigenvalue weighted by Crippen LogP contribution is -2.04. The van der Waals surface area contributed by atoms with E-state index in [0.717, 1.165) is 23.0 Å². The van der Waals surface area contributed by atoms with Gasteiger partial charge < -0.3 is 9.30 Å². The summed E-state index contributed by atoms with van der Waals surface area (Å²) in [4.78, 5) is 4.09. The van der Waals surface area contributed by atoms with Crippen LogP contribution < -0.4 is 4.74 Å². The number of rotatable bonds is 4. The summed E-state index contributed by atoms with van der Waals surface area (Å²) in [6.07, 6.45) is 3.51. The largest absolute Gasteiger partial charge is 0.486 e. The zero-order valence-electron chi connectivity index (χ0n) is 11.1. The molecule has 0 atom stereocenters. The Labute approximate surface area is 116 Å². The van der Waals surface area contributed by atoms with Crippen molar-refractivity contribution < 1.29 is 4.74 Å². The van der Waals surface area contributed by atoms with Gasteiger partial charge in [-0.25, -0.2) is 0 Å². The third-order valence-electron chi connectivity index (χ3n) is 3.00. The molecule has 3 rings (SSSR count). The van der Waals surface area contributed by atoms with Crippen molar-refractivity contribution in [1.29, 1.82) is 0 Å². The lowest BCUT2D eigenvalue weighted by Gasteiger charge is -2.06. The van der Waals surface area contributed by atoms with Gasteiger partial charge in [0.1, 0.15) is 12.4 Å². The molecule has 0 saturated carbocycles. The number of aromatic nitrogens is 4. The molecule has 0 aliphatic rings. The minimum atomic E-state index is 0.383. The Bertz CT molecular complexity index is 680. The average molecular weight is 266 g/mol. The second-order valence-corrected chi connectivity index (χ2v) is 4.34. The maximum absolute atomic E-state index is 5.68. The van der Waals surface area contributed by atoms with E-state index >= 15 is 0 Å². The van der Waals surface area contributed by atoms with Crippen LogP contribution in [0.15, 0.2) is 54.9 Å². The van der Waals surface area contributed by atoms with Crippen LogP contribution in [0.2, 0.25) is 0 Å². The zero-order valence-corrected chi connectivity index (χ0v) is 11.1. The Morgan fingerprint density at radius 2 is 1.90 bits per heavy atom. The highest BCUT2D eigenvalue weighted by Gasteiger charge is 2.11. The van der Waals surface area contributed by atoms with Gasteiger partial charge in [0.15, 0.2) is 11.6 Å². The number of hydrogen-bond acceptors (Lipinski definition) is 4. The third kappa shape index (κ3) is 2.51. The molecular weight excluding hydrogens is 252 g/mol. The summed E-state index contributed by atoms with van der Waals surface area (Å²) >= 11 is 0. The average Bonchev–Trinajstić information content (AvgIpc) is 2.88. The molecule has 0 aliphatic carbocycles. The minimum absolute atomic E-state index is 0.383. The second-order valence-electron chi connectivity index (χ2n) is 4.34. The monoisotopic (exact) mass is 266 g/mol. The number of pyridine rings is 1. The maximum atomic E-state index is 5.68. The van der Waals surface area contributed by atoms with Gasteiger partial charge in [-0.1, -0.05) is 18.2 Å². The van der Waals surface area contributed by atoms with E-state index in [2.05, 4.69) is 15.2 Å². The number of ether oxygens (including phenoxy) is 1. The Morgan fingerprint density at radius 1 is 1.05 bits per heavy atom. The van der Waals surface area contributed by atoms with Gasteiger partial charge in [-0.05, 0) is 24.3 Å². The van der Waals surface area contributed by atoms with Crippen LogP contribution in [0.25, 0.3) is 11.4 Å². The predicted molar refractivity (Wildman–Crippen MR) is 75.0 cm³/mol. The molecule has 0 bridgehead atoms. The third-order valence-corrected chi connectivity index (χ3v) is 3.00. The van der Waals surface area contributed by atoms with E-state index in [-0.39, 0.29) is 0 Å². The molecule has 0 spiro atoms. The molecule has 0 saturated heterocycles. The van der Waals surface area contributed by atoms with Crippen molar-refractivity contribution >= 4 is 0 Å². The number of hydrogen-bond donors (Lipinski definition) is 0. The highest BCUT2D eigenvalue weighted by atomic mass is 16.5. The molecule has 0 radical (unpaired) electrons. The first-order valence-corrected chi connectivity index (χ1v) is 6.31. The quantitative estimate of drug-likeness (QED) is 0.728. The van der Waals surface area contributed by atoms with Crippen molar-refractivity contribution in [2.75, 3.05) is 0 Å². The standard InChI is InChI=1S/C15H14N4O/c1-19-14(11-20-13-7-3-2-4-8-13)17-18-15(19)12-6-5-9-16-10-12/h2-10H,11H2,1H3. The van der Waals surface area contributed by atoms with Crippen molar-refractivity contribution in [2.45, 2.75) is 6.61 Å². The number of benzene rings is 1. The first-order valence-electron chi connectivity index (χ1n) is 6.31. The minimum Gasteiger partial charge on any atom is -0.486 e. The Hall–Kier alpha value is -2.69. The van der Waals surface area contributed by atoms with Gasteiger partial charge in [0.25, 0.3) is 0 Å². The summed E-state index contributed by atoms with van der Waals surface area (Å²) in [5.41, 5.74) is 0.938. The fourth-order valence-corrected chi connectivity index (χ4v) is 1.90. The molecule has 0 fully saturated rings. The lowest BCUT2D eigenvalue weighted by atomic mass is 10.3. The maximum Gasteiger partial charge on any atom is 0.171 e. The van der Waals surface area contributed by atoms with Gasteiger partial charge in [-0.2, -0.15) is 0 Å².